The molecule has 122 valence electrons. The lowest BCUT2D eigenvalue weighted by atomic mass is 10.1. The van der Waals surface area contributed by atoms with Crippen molar-refractivity contribution in [3.63, 3.8) is 0 Å². The molecule has 0 aliphatic rings. The van der Waals surface area contributed by atoms with E-state index in [1.54, 1.807) is 0 Å². The second kappa shape index (κ2) is 9.18. The third kappa shape index (κ3) is 5.03. The molecule has 3 aromatic carbocycles. The van der Waals surface area contributed by atoms with Gasteiger partial charge in [-0.1, -0.05) is 109 Å². The minimum atomic E-state index is 0.728. The Bertz CT molecular complexity index is 888. The second-order valence-electron chi connectivity index (χ2n) is 5.42. The Labute approximate surface area is 158 Å². The summed E-state index contributed by atoms with van der Waals surface area (Å²) in [7, 11) is 0. The van der Waals surface area contributed by atoms with Gasteiger partial charge >= 0.3 is 0 Å². The molecule has 0 N–H and O–H groups in total. The summed E-state index contributed by atoms with van der Waals surface area (Å²) in [6, 6.07) is 30.4. The topological polar surface area (TPSA) is 0 Å². The van der Waals surface area contributed by atoms with Crippen molar-refractivity contribution < 1.29 is 0 Å². The lowest BCUT2D eigenvalue weighted by Crippen LogP contribution is -1.84. The summed E-state index contributed by atoms with van der Waals surface area (Å²) in [6.45, 7) is 0. The lowest BCUT2D eigenvalue weighted by molar-refractivity contribution is 1.32. The molecule has 0 heterocycles. The summed E-state index contributed by atoms with van der Waals surface area (Å²) in [6.07, 6.45) is 0.735. The molecule has 0 spiro atoms. The molecule has 0 aliphatic heterocycles. The fraction of sp³-hybridized carbons (Fsp3) is 0.0435. The first-order chi connectivity index (χ1) is 12.3. The Balaban J connectivity index is 1.86. The third-order valence-electron chi connectivity index (χ3n) is 3.62. The van der Waals surface area contributed by atoms with Crippen molar-refractivity contribution in [1.82, 2.24) is 0 Å². The van der Waals surface area contributed by atoms with Crippen LogP contribution in [0, 0.1) is 11.2 Å². The Morgan fingerprint density at radius 1 is 0.720 bits per heavy atom. The molecule has 0 nitrogen and oxygen atoms in total. The molecule has 2 heteroatoms. The summed E-state index contributed by atoms with van der Waals surface area (Å²) in [4.78, 5) is 0.981. The van der Waals surface area contributed by atoms with Gasteiger partial charge in [0, 0.05) is 11.3 Å². The molecule has 0 fully saturated rings. The van der Waals surface area contributed by atoms with Crippen LogP contribution in [0.1, 0.15) is 16.7 Å². The minimum absolute atomic E-state index is 0.728. The average molecular weight is 361 g/mol. The van der Waals surface area contributed by atoms with Crippen LogP contribution in [0.3, 0.4) is 0 Å². The average Bonchev–Trinajstić information content (AvgIpc) is 2.70. The van der Waals surface area contributed by atoms with E-state index in [2.05, 4.69) is 35.4 Å². The van der Waals surface area contributed by atoms with E-state index in [0.29, 0.717) is 0 Å². The number of thioether (sulfide) groups is 1. The van der Waals surface area contributed by atoms with Crippen molar-refractivity contribution in [3.8, 4) is 11.2 Å². The smallest absolute Gasteiger partial charge is 0.0630 e. The maximum atomic E-state index is 6.69. The van der Waals surface area contributed by atoms with E-state index in [4.69, 9.17) is 11.6 Å². The Morgan fingerprint density at radius 2 is 1.24 bits per heavy atom. The first-order valence-corrected chi connectivity index (χ1v) is 9.23. The summed E-state index contributed by atoms with van der Waals surface area (Å²) >= 11 is 8.18. The fourth-order valence-corrected chi connectivity index (χ4v) is 3.42. The van der Waals surface area contributed by atoms with Gasteiger partial charge in [-0.05, 0) is 33.7 Å². The molecule has 25 heavy (non-hydrogen) atoms. The monoisotopic (exact) mass is 360 g/mol. The van der Waals surface area contributed by atoms with Crippen LogP contribution in [-0.4, -0.2) is 0 Å². The van der Waals surface area contributed by atoms with E-state index >= 15 is 0 Å². The summed E-state index contributed by atoms with van der Waals surface area (Å²) in [5, 5.41) is 3.94. The van der Waals surface area contributed by atoms with Crippen LogP contribution >= 0.6 is 23.4 Å². The van der Waals surface area contributed by atoms with Crippen LogP contribution in [0.2, 0.25) is 0 Å². The van der Waals surface area contributed by atoms with Gasteiger partial charge in [0.25, 0.3) is 0 Å². The van der Waals surface area contributed by atoms with Crippen LogP contribution in [0.15, 0.2) is 91.0 Å². The van der Waals surface area contributed by atoms with Crippen LogP contribution in [0.5, 0.6) is 0 Å². The zero-order chi connectivity index (χ0) is 17.3. The Kier molecular flexibility index (Phi) is 6.40. The van der Waals surface area contributed by atoms with Gasteiger partial charge in [-0.15, -0.1) is 0 Å². The van der Waals surface area contributed by atoms with Gasteiger partial charge in [0.05, 0.1) is 5.03 Å². The molecule has 0 aliphatic carbocycles. The predicted molar refractivity (Wildman–Crippen MR) is 111 cm³/mol. The van der Waals surface area contributed by atoms with Crippen molar-refractivity contribution in [2.24, 2.45) is 0 Å². The van der Waals surface area contributed by atoms with Crippen LogP contribution in [0.25, 0.3) is 9.94 Å². The van der Waals surface area contributed by atoms with E-state index in [9.17, 15) is 0 Å². The van der Waals surface area contributed by atoms with Gasteiger partial charge in [0.15, 0.2) is 0 Å². The normalized spacial score (nSPS) is 11.2. The number of rotatable bonds is 4. The van der Waals surface area contributed by atoms with Gasteiger partial charge < -0.3 is 0 Å². The number of benzene rings is 3. The van der Waals surface area contributed by atoms with Crippen LogP contribution in [-0.2, 0) is 6.42 Å². The van der Waals surface area contributed by atoms with Gasteiger partial charge in [-0.2, -0.15) is 0 Å². The van der Waals surface area contributed by atoms with Crippen molar-refractivity contribution in [2.75, 3.05) is 0 Å². The Hall–Kier alpha value is -2.40. The quantitative estimate of drug-likeness (QED) is 0.369. The highest BCUT2D eigenvalue weighted by Crippen LogP contribution is 2.37. The standard InChI is InChI=1S/C23H17ClS/c24-22(20-14-6-2-7-15-20)23(21-16-8-3-9-17-21)25-18-10-13-19-11-4-1-5-12-19/h1-9,11-12,14-17H,13H2/b23-22+. The van der Waals surface area contributed by atoms with Gasteiger partial charge in [-0.25, -0.2) is 0 Å². The highest BCUT2D eigenvalue weighted by atomic mass is 35.5. The molecular formula is C23H17ClS. The van der Waals surface area contributed by atoms with Crippen molar-refractivity contribution in [3.05, 3.63) is 108 Å². The van der Waals surface area contributed by atoms with Crippen LogP contribution in [0.4, 0.5) is 0 Å². The van der Waals surface area contributed by atoms with Crippen molar-refractivity contribution >= 4 is 33.3 Å². The van der Waals surface area contributed by atoms with Gasteiger partial charge in [0.1, 0.15) is 0 Å². The first-order valence-electron chi connectivity index (χ1n) is 8.04. The highest BCUT2D eigenvalue weighted by molar-refractivity contribution is 8.12. The van der Waals surface area contributed by atoms with Gasteiger partial charge in [-0.3, -0.25) is 0 Å². The van der Waals surface area contributed by atoms with Gasteiger partial charge in [0.2, 0.25) is 0 Å². The fourth-order valence-electron chi connectivity index (χ4n) is 2.36. The number of hydrogen-bond donors (Lipinski definition) is 0. The molecule has 0 bridgehead atoms. The third-order valence-corrected chi connectivity index (χ3v) is 5.03. The molecule has 3 rings (SSSR count). The number of halogens is 1. The van der Waals surface area contributed by atoms with Crippen LogP contribution < -0.4 is 0 Å². The molecule has 0 aromatic heterocycles. The van der Waals surface area contributed by atoms with E-state index in [-0.39, 0.29) is 0 Å². The molecule has 0 radical (unpaired) electrons. The van der Waals surface area contributed by atoms with E-state index in [1.165, 1.54) is 17.3 Å². The summed E-state index contributed by atoms with van der Waals surface area (Å²) in [5.41, 5.74) is 3.30. The first kappa shape index (κ1) is 17.4. The largest absolute Gasteiger partial charge is 0.0861 e. The zero-order valence-corrected chi connectivity index (χ0v) is 15.2. The van der Waals surface area contributed by atoms with Crippen molar-refractivity contribution in [1.29, 1.82) is 0 Å². The molecule has 0 saturated carbocycles. The maximum absolute atomic E-state index is 6.69. The maximum Gasteiger partial charge on any atom is 0.0630 e. The minimum Gasteiger partial charge on any atom is -0.0861 e. The molecule has 0 unspecified atom stereocenters. The Morgan fingerprint density at radius 3 is 1.84 bits per heavy atom. The SMILES string of the molecule is Cl/C(=C(/SC#CCc1ccccc1)c1ccccc1)c1ccccc1. The zero-order valence-electron chi connectivity index (χ0n) is 13.7. The predicted octanol–water partition coefficient (Wildman–Crippen LogP) is 6.69. The van der Waals surface area contributed by atoms with E-state index in [0.717, 1.165) is 27.5 Å². The van der Waals surface area contributed by atoms with Crippen molar-refractivity contribution in [2.45, 2.75) is 6.42 Å². The molecule has 0 atom stereocenters. The summed E-state index contributed by atoms with van der Waals surface area (Å²) in [5.74, 6) is 3.23. The van der Waals surface area contributed by atoms with E-state index < -0.39 is 0 Å². The number of hydrogen-bond acceptors (Lipinski definition) is 1. The highest BCUT2D eigenvalue weighted by Gasteiger charge is 2.09. The molecule has 0 saturated heterocycles. The lowest BCUT2D eigenvalue weighted by Gasteiger charge is -2.08. The molecular weight excluding hydrogens is 344 g/mol. The van der Waals surface area contributed by atoms with E-state index in [1.807, 2.05) is 66.7 Å². The molecule has 3 aromatic rings. The summed E-state index contributed by atoms with van der Waals surface area (Å²) < 4.78 is 0. The second-order valence-corrected chi connectivity index (χ2v) is 6.61. The molecule has 0 amide bonds.